The highest BCUT2D eigenvalue weighted by molar-refractivity contribution is 5.95. The van der Waals surface area contributed by atoms with E-state index in [0.29, 0.717) is 13.0 Å². The van der Waals surface area contributed by atoms with Crippen LogP contribution in [0.15, 0.2) is 30.3 Å². The summed E-state index contributed by atoms with van der Waals surface area (Å²) >= 11 is 0. The van der Waals surface area contributed by atoms with Crippen molar-refractivity contribution in [2.24, 2.45) is 5.92 Å². The van der Waals surface area contributed by atoms with Gasteiger partial charge in [-0.25, -0.2) is 0 Å². The maximum absolute atomic E-state index is 12.7. The fraction of sp³-hybridized carbons (Fsp3) is 0.529. The van der Waals surface area contributed by atoms with Gasteiger partial charge in [0.05, 0.1) is 12.5 Å². The Morgan fingerprint density at radius 3 is 2.30 bits per heavy atom. The third kappa shape index (κ3) is 4.70. The molecule has 1 amide bonds. The van der Waals surface area contributed by atoms with Crippen LogP contribution >= 0.6 is 0 Å². The largest absolute Gasteiger partial charge is 0.311 e. The average Bonchev–Trinajstić information content (AvgIpc) is 2.48. The van der Waals surface area contributed by atoms with Gasteiger partial charge in [0.1, 0.15) is 0 Å². The molecule has 0 aliphatic carbocycles. The van der Waals surface area contributed by atoms with Crippen molar-refractivity contribution in [1.29, 1.82) is 5.26 Å². The van der Waals surface area contributed by atoms with Crippen molar-refractivity contribution in [3.05, 3.63) is 30.3 Å². The first-order valence-electron chi connectivity index (χ1n) is 7.47. The van der Waals surface area contributed by atoms with Crippen LogP contribution in [0, 0.1) is 17.2 Å². The highest BCUT2D eigenvalue weighted by Crippen LogP contribution is 2.22. The summed E-state index contributed by atoms with van der Waals surface area (Å²) in [4.78, 5) is 14.5. The van der Waals surface area contributed by atoms with E-state index >= 15 is 0 Å². The highest BCUT2D eigenvalue weighted by atomic mass is 16.2. The van der Waals surface area contributed by atoms with Crippen LogP contribution < -0.4 is 4.90 Å². The number of amides is 1. The Balaban J connectivity index is 2.91. The number of carbonyl (C=O) groups excluding carboxylic acids is 1. The Morgan fingerprint density at radius 2 is 1.80 bits per heavy atom. The maximum Gasteiger partial charge on any atom is 0.230 e. The second-order valence-corrected chi connectivity index (χ2v) is 5.01. The SMILES string of the molecule is CCCC(CCC)C(=O)N(CCC#N)c1ccccc1. The Morgan fingerprint density at radius 1 is 1.20 bits per heavy atom. The van der Waals surface area contributed by atoms with Gasteiger partial charge in [-0.3, -0.25) is 4.79 Å². The lowest BCUT2D eigenvalue weighted by Gasteiger charge is -2.26. The van der Waals surface area contributed by atoms with Crippen LogP contribution in [0.2, 0.25) is 0 Å². The zero-order chi connectivity index (χ0) is 14.8. The molecule has 0 atom stereocenters. The number of anilines is 1. The van der Waals surface area contributed by atoms with Crippen molar-refractivity contribution in [2.75, 3.05) is 11.4 Å². The standard InChI is InChI=1S/C17H24N2O/c1-3-9-15(10-4-2)17(20)19(14-8-13-18)16-11-6-5-7-12-16/h5-7,11-12,15H,3-4,8-10,14H2,1-2H3. The Bertz CT molecular complexity index is 430. The van der Waals surface area contributed by atoms with Crippen LogP contribution in [0.5, 0.6) is 0 Å². The molecule has 0 saturated carbocycles. The minimum absolute atomic E-state index is 0.0731. The zero-order valence-electron chi connectivity index (χ0n) is 12.5. The summed E-state index contributed by atoms with van der Waals surface area (Å²) < 4.78 is 0. The molecule has 108 valence electrons. The predicted molar refractivity (Wildman–Crippen MR) is 82.3 cm³/mol. The van der Waals surface area contributed by atoms with Gasteiger partial charge >= 0.3 is 0 Å². The van der Waals surface area contributed by atoms with Crippen molar-refractivity contribution >= 4 is 11.6 Å². The number of hydrogen-bond acceptors (Lipinski definition) is 2. The second kappa shape index (κ2) is 9.14. The van der Waals surface area contributed by atoms with E-state index in [2.05, 4.69) is 19.9 Å². The van der Waals surface area contributed by atoms with Crippen LogP contribution in [0.3, 0.4) is 0 Å². The maximum atomic E-state index is 12.7. The molecule has 0 N–H and O–H groups in total. The first-order valence-corrected chi connectivity index (χ1v) is 7.47. The van der Waals surface area contributed by atoms with Gasteiger partial charge in [0.2, 0.25) is 5.91 Å². The van der Waals surface area contributed by atoms with Crippen molar-refractivity contribution in [2.45, 2.75) is 46.0 Å². The Hall–Kier alpha value is -1.82. The third-order valence-corrected chi connectivity index (χ3v) is 3.40. The number of para-hydroxylation sites is 1. The van der Waals surface area contributed by atoms with E-state index in [1.807, 2.05) is 30.3 Å². The van der Waals surface area contributed by atoms with Gasteiger partial charge in [0, 0.05) is 18.2 Å². The third-order valence-electron chi connectivity index (χ3n) is 3.40. The summed E-state index contributed by atoms with van der Waals surface area (Å²) in [5.41, 5.74) is 0.893. The quantitative estimate of drug-likeness (QED) is 0.713. The molecule has 0 aromatic heterocycles. The zero-order valence-corrected chi connectivity index (χ0v) is 12.5. The minimum atomic E-state index is 0.0731. The summed E-state index contributed by atoms with van der Waals surface area (Å²) in [7, 11) is 0. The molecule has 3 nitrogen and oxygen atoms in total. The van der Waals surface area contributed by atoms with E-state index in [9.17, 15) is 4.79 Å². The number of nitrogens with zero attached hydrogens (tertiary/aromatic N) is 2. The first-order chi connectivity index (χ1) is 9.74. The van der Waals surface area contributed by atoms with Crippen LogP contribution in [-0.4, -0.2) is 12.5 Å². The Labute approximate surface area is 122 Å². The van der Waals surface area contributed by atoms with Crippen molar-refractivity contribution in [3.8, 4) is 6.07 Å². The lowest BCUT2D eigenvalue weighted by molar-refractivity contribution is -0.122. The molecule has 0 spiro atoms. The highest BCUT2D eigenvalue weighted by Gasteiger charge is 2.23. The fourth-order valence-electron chi connectivity index (χ4n) is 2.44. The van der Waals surface area contributed by atoms with E-state index in [1.54, 1.807) is 4.90 Å². The van der Waals surface area contributed by atoms with E-state index in [4.69, 9.17) is 5.26 Å². The smallest absolute Gasteiger partial charge is 0.230 e. The van der Waals surface area contributed by atoms with Gasteiger partial charge in [-0.05, 0) is 25.0 Å². The summed E-state index contributed by atoms with van der Waals surface area (Å²) in [6, 6.07) is 11.8. The summed E-state index contributed by atoms with van der Waals surface area (Å²) in [6.07, 6.45) is 4.23. The van der Waals surface area contributed by atoms with Gasteiger partial charge in [-0.15, -0.1) is 0 Å². The summed E-state index contributed by atoms with van der Waals surface area (Å²) in [5.74, 6) is 0.235. The molecule has 0 fully saturated rings. The average molecular weight is 272 g/mol. The van der Waals surface area contributed by atoms with E-state index in [-0.39, 0.29) is 11.8 Å². The van der Waals surface area contributed by atoms with Crippen molar-refractivity contribution < 1.29 is 4.79 Å². The molecular formula is C17H24N2O. The fourth-order valence-corrected chi connectivity index (χ4v) is 2.44. The molecule has 1 rings (SSSR count). The van der Waals surface area contributed by atoms with Gasteiger partial charge < -0.3 is 4.90 Å². The van der Waals surface area contributed by atoms with Crippen LogP contribution in [0.25, 0.3) is 0 Å². The minimum Gasteiger partial charge on any atom is -0.311 e. The molecular weight excluding hydrogens is 248 g/mol. The molecule has 0 bridgehead atoms. The van der Waals surface area contributed by atoms with Crippen molar-refractivity contribution in [1.82, 2.24) is 0 Å². The number of carbonyl (C=O) groups is 1. The topological polar surface area (TPSA) is 44.1 Å². The van der Waals surface area contributed by atoms with Crippen LogP contribution in [-0.2, 0) is 4.79 Å². The van der Waals surface area contributed by atoms with Gasteiger partial charge in [-0.2, -0.15) is 5.26 Å². The number of rotatable bonds is 8. The predicted octanol–water partition coefficient (Wildman–Crippen LogP) is 4.15. The molecule has 1 aromatic rings. The lowest BCUT2D eigenvalue weighted by Crippen LogP contribution is -2.37. The second-order valence-electron chi connectivity index (χ2n) is 5.01. The molecule has 3 heteroatoms. The molecule has 0 saturated heterocycles. The lowest BCUT2D eigenvalue weighted by atomic mass is 9.96. The molecule has 1 aromatic carbocycles. The van der Waals surface area contributed by atoms with Crippen molar-refractivity contribution in [3.63, 3.8) is 0 Å². The van der Waals surface area contributed by atoms with Gasteiger partial charge in [-0.1, -0.05) is 44.9 Å². The van der Waals surface area contributed by atoms with Crippen LogP contribution in [0.1, 0.15) is 46.0 Å². The molecule has 0 aliphatic rings. The monoisotopic (exact) mass is 272 g/mol. The number of hydrogen-bond donors (Lipinski definition) is 0. The molecule has 0 unspecified atom stereocenters. The Kier molecular flexibility index (Phi) is 7.42. The first kappa shape index (κ1) is 16.2. The summed E-state index contributed by atoms with van der Waals surface area (Å²) in [5, 5.41) is 8.80. The number of benzene rings is 1. The summed E-state index contributed by atoms with van der Waals surface area (Å²) in [6.45, 7) is 4.69. The van der Waals surface area contributed by atoms with E-state index in [0.717, 1.165) is 31.4 Å². The normalized spacial score (nSPS) is 10.3. The molecule has 0 aliphatic heterocycles. The van der Waals surface area contributed by atoms with Gasteiger partial charge in [0.15, 0.2) is 0 Å². The molecule has 0 radical (unpaired) electrons. The molecule has 0 heterocycles. The number of nitriles is 1. The molecule has 20 heavy (non-hydrogen) atoms. The van der Waals surface area contributed by atoms with Gasteiger partial charge in [0.25, 0.3) is 0 Å². The van der Waals surface area contributed by atoms with Crippen LogP contribution in [0.4, 0.5) is 5.69 Å². The van der Waals surface area contributed by atoms with E-state index < -0.39 is 0 Å². The van der Waals surface area contributed by atoms with E-state index in [1.165, 1.54) is 0 Å².